The van der Waals surface area contributed by atoms with Crippen LogP contribution in [0.4, 0.5) is 8.78 Å². The first-order chi connectivity index (χ1) is 16.3. The van der Waals surface area contributed by atoms with Crippen LogP contribution in [-0.4, -0.2) is 36.1 Å². The number of pyridine rings is 3. The Hall–Kier alpha value is -3.57. The van der Waals surface area contributed by atoms with Crippen LogP contribution in [0.5, 0.6) is 5.75 Å². The molecular formula is C24H25F2N5O3S. The first kappa shape index (κ1) is 26.0. The van der Waals surface area contributed by atoms with E-state index in [0.717, 1.165) is 12.3 Å². The van der Waals surface area contributed by atoms with Gasteiger partial charge in [0.05, 0.1) is 17.4 Å². The highest BCUT2D eigenvalue weighted by Crippen LogP contribution is 2.22. The van der Waals surface area contributed by atoms with Gasteiger partial charge < -0.3 is 15.6 Å². The van der Waals surface area contributed by atoms with E-state index in [9.17, 15) is 18.7 Å². The summed E-state index contributed by atoms with van der Waals surface area (Å²) < 4.78 is 34.1. The highest BCUT2D eigenvalue weighted by Gasteiger charge is 2.20. The first-order valence-corrected chi connectivity index (χ1v) is 10.9. The molecule has 8 nitrogen and oxygen atoms in total. The highest BCUT2D eigenvalue weighted by molar-refractivity contribution is 7.80. The Morgan fingerprint density at radius 1 is 1.20 bits per heavy atom. The quantitative estimate of drug-likeness (QED) is 0.303. The van der Waals surface area contributed by atoms with E-state index in [2.05, 4.69) is 15.0 Å². The fourth-order valence-electron chi connectivity index (χ4n) is 3.11. The van der Waals surface area contributed by atoms with E-state index >= 15 is 0 Å². The Morgan fingerprint density at radius 3 is 2.51 bits per heavy atom. The number of halogens is 2. The van der Waals surface area contributed by atoms with E-state index < -0.39 is 17.2 Å². The summed E-state index contributed by atoms with van der Waals surface area (Å²) in [5, 5.41) is 10.00. The topological polar surface area (TPSA) is 116 Å². The number of hydrogen-bond acceptors (Lipinski definition) is 6. The SMILES string of the molecule is Cc1cnc(C(=S)N=C(N)C(C)(C)O)cc1-n1c(C)cc(OCc2ncc(F)cc2F)c(C)c1=O. The minimum atomic E-state index is -1.36. The molecule has 0 aliphatic heterocycles. The zero-order valence-corrected chi connectivity index (χ0v) is 20.7. The van der Waals surface area contributed by atoms with Crippen molar-refractivity contribution in [3.63, 3.8) is 0 Å². The Kier molecular flexibility index (Phi) is 7.41. The number of amidine groups is 1. The zero-order chi connectivity index (χ0) is 26.1. The van der Waals surface area contributed by atoms with Crippen LogP contribution in [0.25, 0.3) is 5.69 Å². The van der Waals surface area contributed by atoms with E-state index in [1.165, 1.54) is 18.4 Å². The number of ether oxygens (including phenoxy) is 1. The van der Waals surface area contributed by atoms with E-state index in [4.69, 9.17) is 22.7 Å². The molecule has 0 aliphatic carbocycles. The molecule has 184 valence electrons. The number of rotatable bonds is 6. The van der Waals surface area contributed by atoms with Gasteiger partial charge in [-0.3, -0.25) is 19.3 Å². The lowest BCUT2D eigenvalue weighted by atomic mass is 10.1. The van der Waals surface area contributed by atoms with Gasteiger partial charge in [-0.05, 0) is 46.2 Å². The molecule has 0 radical (unpaired) electrons. The monoisotopic (exact) mass is 501 g/mol. The van der Waals surface area contributed by atoms with Gasteiger partial charge in [0.1, 0.15) is 41.0 Å². The lowest BCUT2D eigenvalue weighted by Gasteiger charge is -2.18. The summed E-state index contributed by atoms with van der Waals surface area (Å²) in [7, 11) is 0. The number of aromatic nitrogens is 3. The smallest absolute Gasteiger partial charge is 0.261 e. The van der Waals surface area contributed by atoms with Gasteiger partial charge >= 0.3 is 0 Å². The van der Waals surface area contributed by atoms with E-state index in [1.54, 1.807) is 39.1 Å². The van der Waals surface area contributed by atoms with Crippen LogP contribution < -0.4 is 16.0 Å². The van der Waals surface area contributed by atoms with Crippen LogP contribution in [0.15, 0.2) is 40.4 Å². The van der Waals surface area contributed by atoms with Gasteiger partial charge in [-0.2, -0.15) is 0 Å². The maximum atomic E-state index is 13.9. The summed E-state index contributed by atoms with van der Waals surface area (Å²) in [6.07, 6.45) is 2.45. The van der Waals surface area contributed by atoms with Crippen molar-refractivity contribution in [3.05, 3.63) is 80.8 Å². The average Bonchev–Trinajstić information content (AvgIpc) is 2.76. The van der Waals surface area contributed by atoms with Crippen molar-refractivity contribution in [1.82, 2.24) is 14.5 Å². The fraction of sp³-hybridized carbons (Fsp3) is 0.292. The molecule has 3 heterocycles. The molecular weight excluding hydrogens is 476 g/mol. The molecule has 0 fully saturated rings. The molecule has 11 heteroatoms. The molecule has 0 saturated carbocycles. The normalized spacial score (nSPS) is 12.1. The predicted molar refractivity (Wildman–Crippen MR) is 132 cm³/mol. The van der Waals surface area contributed by atoms with Crippen LogP contribution in [-0.2, 0) is 6.61 Å². The Labute approximate surface area is 206 Å². The Morgan fingerprint density at radius 2 is 1.89 bits per heavy atom. The van der Waals surface area contributed by atoms with Crippen LogP contribution in [0.3, 0.4) is 0 Å². The van der Waals surface area contributed by atoms with Gasteiger partial charge in [-0.25, -0.2) is 13.8 Å². The molecule has 3 aromatic heterocycles. The highest BCUT2D eigenvalue weighted by atomic mass is 32.1. The number of aliphatic hydroxyl groups is 1. The van der Waals surface area contributed by atoms with Crippen LogP contribution in [0.2, 0.25) is 0 Å². The zero-order valence-electron chi connectivity index (χ0n) is 19.9. The number of hydrogen-bond donors (Lipinski definition) is 2. The van der Waals surface area contributed by atoms with E-state index in [1.807, 2.05) is 0 Å². The predicted octanol–water partition coefficient (Wildman–Crippen LogP) is 3.21. The van der Waals surface area contributed by atoms with Crippen LogP contribution in [0.1, 0.15) is 42.1 Å². The molecule has 3 N–H and O–H groups in total. The molecule has 0 saturated heterocycles. The second-order valence-electron chi connectivity index (χ2n) is 8.50. The van der Waals surface area contributed by atoms with Gasteiger partial charge in [-0.15, -0.1) is 0 Å². The van der Waals surface area contributed by atoms with Crippen molar-refractivity contribution in [2.24, 2.45) is 10.7 Å². The van der Waals surface area contributed by atoms with Crippen molar-refractivity contribution in [2.45, 2.75) is 46.8 Å². The lowest BCUT2D eigenvalue weighted by Crippen LogP contribution is -2.38. The van der Waals surface area contributed by atoms with Crippen molar-refractivity contribution < 1.29 is 18.6 Å². The molecule has 3 rings (SSSR count). The van der Waals surface area contributed by atoms with Gasteiger partial charge in [0.2, 0.25) is 0 Å². The van der Waals surface area contributed by atoms with E-state index in [0.29, 0.717) is 22.6 Å². The van der Waals surface area contributed by atoms with Crippen molar-refractivity contribution >= 4 is 23.0 Å². The third-order valence-corrected chi connectivity index (χ3v) is 5.52. The molecule has 0 bridgehead atoms. The standard InChI is InChI=1S/C24H25F2N5O3S/c1-12-9-28-17(21(35)30-23(27)24(4,5)33)8-19(12)31-13(2)6-20(14(3)22(31)32)34-11-18-16(26)7-15(25)10-29-18/h6-10,33H,11H2,1-5H3,(H2,27,30,35). The number of aliphatic imine (C=N–C) groups is 1. The summed E-state index contributed by atoms with van der Waals surface area (Å²) in [6.45, 7) is 7.78. The molecule has 0 unspecified atom stereocenters. The van der Waals surface area contributed by atoms with Gasteiger partial charge in [0.25, 0.3) is 5.56 Å². The maximum absolute atomic E-state index is 13.9. The molecule has 0 spiro atoms. The van der Waals surface area contributed by atoms with Crippen LogP contribution in [0, 0.1) is 32.4 Å². The number of nitrogens with zero attached hydrogens (tertiary/aromatic N) is 4. The summed E-state index contributed by atoms with van der Waals surface area (Å²) >= 11 is 5.32. The largest absolute Gasteiger partial charge is 0.487 e. The van der Waals surface area contributed by atoms with Crippen molar-refractivity contribution in [3.8, 4) is 11.4 Å². The first-order valence-electron chi connectivity index (χ1n) is 10.5. The minimum Gasteiger partial charge on any atom is -0.487 e. The molecule has 0 amide bonds. The molecule has 0 atom stereocenters. The third-order valence-electron chi connectivity index (χ3n) is 5.22. The second kappa shape index (κ2) is 9.96. The second-order valence-corrected chi connectivity index (χ2v) is 8.89. The third kappa shape index (κ3) is 5.75. The minimum absolute atomic E-state index is 0.0575. The van der Waals surface area contributed by atoms with Gasteiger partial charge in [0.15, 0.2) is 10.8 Å². The van der Waals surface area contributed by atoms with Gasteiger partial charge in [-0.1, -0.05) is 12.2 Å². The number of aryl methyl sites for hydroxylation is 2. The summed E-state index contributed by atoms with van der Waals surface area (Å²) in [6, 6.07) is 3.97. The molecule has 35 heavy (non-hydrogen) atoms. The molecule has 0 aliphatic rings. The summed E-state index contributed by atoms with van der Waals surface area (Å²) in [5.74, 6) is -1.44. The Bertz CT molecular complexity index is 1400. The van der Waals surface area contributed by atoms with Crippen LogP contribution >= 0.6 is 12.2 Å². The van der Waals surface area contributed by atoms with Crippen molar-refractivity contribution in [1.29, 1.82) is 0 Å². The number of thiocarbonyl (C=S) groups is 1. The molecule has 3 aromatic rings. The van der Waals surface area contributed by atoms with E-state index in [-0.39, 0.29) is 40.0 Å². The van der Waals surface area contributed by atoms with Gasteiger partial charge in [0, 0.05) is 24.0 Å². The Balaban J connectivity index is 1.98. The lowest BCUT2D eigenvalue weighted by molar-refractivity contribution is 0.152. The maximum Gasteiger partial charge on any atom is 0.261 e. The van der Waals surface area contributed by atoms with Crippen molar-refractivity contribution in [2.75, 3.05) is 0 Å². The summed E-state index contributed by atoms with van der Waals surface area (Å²) in [4.78, 5) is 25.4. The fourth-order valence-corrected chi connectivity index (χ4v) is 3.32. The number of nitrogens with two attached hydrogens (primary N) is 1. The average molecular weight is 502 g/mol. The summed E-state index contributed by atoms with van der Waals surface area (Å²) in [5.41, 5.74) is 6.35. The molecule has 0 aromatic carbocycles.